The second-order valence-corrected chi connectivity index (χ2v) is 3.34. The summed E-state index contributed by atoms with van der Waals surface area (Å²) < 4.78 is 5.24. The number of nitrogens with two attached hydrogens (primary N) is 1. The van der Waals surface area contributed by atoms with Crippen LogP contribution in [0.15, 0.2) is 18.3 Å². The molecule has 0 aliphatic carbocycles. The summed E-state index contributed by atoms with van der Waals surface area (Å²) in [4.78, 5) is 17.4. The number of aromatic nitrogens is 1. The molecule has 1 aromatic rings. The van der Waals surface area contributed by atoms with E-state index < -0.39 is 5.91 Å². The Labute approximate surface area is 87.8 Å². The zero-order chi connectivity index (χ0) is 10.7. The molecule has 0 radical (unpaired) electrons. The summed E-state index contributed by atoms with van der Waals surface area (Å²) in [5.74, 6) is 0.220. The molecule has 5 nitrogen and oxygen atoms in total. The fourth-order valence-electron chi connectivity index (χ4n) is 1.62. The van der Waals surface area contributed by atoms with E-state index in [1.165, 1.54) is 0 Å². The minimum absolute atomic E-state index is 0.440. The van der Waals surface area contributed by atoms with Crippen LogP contribution >= 0.6 is 0 Å². The van der Waals surface area contributed by atoms with Crippen LogP contribution in [0.4, 0.5) is 5.82 Å². The number of morpholine rings is 1. The number of anilines is 1. The number of carbonyl (C=O) groups is 1. The van der Waals surface area contributed by atoms with Gasteiger partial charge < -0.3 is 15.4 Å². The molecule has 0 unspecified atom stereocenters. The van der Waals surface area contributed by atoms with Crippen molar-refractivity contribution in [2.75, 3.05) is 31.2 Å². The smallest absolute Gasteiger partial charge is 0.252 e. The third-order valence-electron chi connectivity index (χ3n) is 2.36. The third-order valence-corrected chi connectivity index (χ3v) is 2.36. The molecule has 1 amide bonds. The average Bonchev–Trinajstić information content (AvgIpc) is 2.30. The maximum absolute atomic E-state index is 11.2. The molecule has 0 atom stereocenters. The predicted octanol–water partition coefficient (Wildman–Crippen LogP) is 0.0171. The number of hydrogen-bond donors (Lipinski definition) is 1. The largest absolute Gasteiger partial charge is 0.378 e. The summed E-state index contributed by atoms with van der Waals surface area (Å²) in [6.07, 6.45) is 1.66. The van der Waals surface area contributed by atoms with Crippen molar-refractivity contribution in [3.8, 4) is 0 Å². The number of rotatable bonds is 2. The Kier molecular flexibility index (Phi) is 2.82. The zero-order valence-corrected chi connectivity index (χ0v) is 8.35. The summed E-state index contributed by atoms with van der Waals surface area (Å²) in [5.41, 5.74) is 5.76. The van der Waals surface area contributed by atoms with Crippen molar-refractivity contribution < 1.29 is 9.53 Å². The molecule has 80 valence electrons. The lowest BCUT2D eigenvalue weighted by Crippen LogP contribution is -2.38. The Morgan fingerprint density at radius 1 is 1.47 bits per heavy atom. The molecule has 1 fully saturated rings. The highest BCUT2D eigenvalue weighted by molar-refractivity contribution is 5.97. The van der Waals surface area contributed by atoms with Crippen LogP contribution in [0.5, 0.6) is 0 Å². The average molecular weight is 207 g/mol. The van der Waals surface area contributed by atoms with Crippen molar-refractivity contribution in [1.82, 2.24) is 4.98 Å². The Balaban J connectivity index is 2.29. The quantitative estimate of drug-likeness (QED) is 0.742. The maximum Gasteiger partial charge on any atom is 0.252 e. The van der Waals surface area contributed by atoms with Crippen molar-refractivity contribution in [3.63, 3.8) is 0 Å². The first-order valence-electron chi connectivity index (χ1n) is 4.86. The third kappa shape index (κ3) is 2.07. The van der Waals surface area contributed by atoms with Gasteiger partial charge in [0.1, 0.15) is 5.82 Å². The molecule has 0 bridgehead atoms. The fourth-order valence-corrected chi connectivity index (χ4v) is 1.62. The number of carbonyl (C=O) groups excluding carboxylic acids is 1. The zero-order valence-electron chi connectivity index (χ0n) is 8.35. The van der Waals surface area contributed by atoms with Crippen LogP contribution in [-0.2, 0) is 4.74 Å². The second-order valence-electron chi connectivity index (χ2n) is 3.34. The van der Waals surface area contributed by atoms with Crippen LogP contribution in [0, 0.1) is 0 Å². The van der Waals surface area contributed by atoms with Crippen LogP contribution in [0.3, 0.4) is 0 Å². The molecule has 2 N–H and O–H groups in total. The monoisotopic (exact) mass is 207 g/mol. The Morgan fingerprint density at radius 2 is 2.20 bits per heavy atom. The van der Waals surface area contributed by atoms with Gasteiger partial charge in [-0.25, -0.2) is 4.98 Å². The van der Waals surface area contributed by atoms with Gasteiger partial charge in [0.15, 0.2) is 0 Å². The summed E-state index contributed by atoms with van der Waals surface area (Å²) >= 11 is 0. The molecule has 0 aromatic carbocycles. The van der Waals surface area contributed by atoms with Gasteiger partial charge >= 0.3 is 0 Å². The molecular formula is C10H13N3O2. The predicted molar refractivity (Wildman–Crippen MR) is 55.8 cm³/mol. The van der Waals surface area contributed by atoms with Crippen molar-refractivity contribution >= 4 is 11.7 Å². The Hall–Kier alpha value is -1.62. The Bertz CT molecular complexity index is 361. The number of amides is 1. The molecule has 2 heterocycles. The molecule has 1 saturated heterocycles. The minimum atomic E-state index is -0.440. The van der Waals surface area contributed by atoms with E-state index >= 15 is 0 Å². The number of pyridine rings is 1. The number of nitrogens with zero attached hydrogens (tertiary/aromatic N) is 2. The van der Waals surface area contributed by atoms with Crippen molar-refractivity contribution in [2.45, 2.75) is 0 Å². The summed E-state index contributed by atoms with van der Waals surface area (Å²) in [6.45, 7) is 2.82. The van der Waals surface area contributed by atoms with Gasteiger partial charge in [-0.3, -0.25) is 4.79 Å². The summed E-state index contributed by atoms with van der Waals surface area (Å²) in [5, 5.41) is 0. The first-order chi connectivity index (χ1) is 7.29. The summed E-state index contributed by atoms with van der Waals surface area (Å²) in [7, 11) is 0. The number of ether oxygens (including phenoxy) is 1. The van der Waals surface area contributed by atoms with E-state index in [2.05, 4.69) is 4.98 Å². The molecule has 1 aliphatic rings. The van der Waals surface area contributed by atoms with Gasteiger partial charge in [-0.05, 0) is 12.1 Å². The van der Waals surface area contributed by atoms with Gasteiger partial charge in [-0.1, -0.05) is 0 Å². The van der Waals surface area contributed by atoms with Crippen LogP contribution in [0.2, 0.25) is 0 Å². The standard InChI is InChI=1S/C10H13N3O2/c11-9(14)8-2-1-3-12-10(8)13-4-6-15-7-5-13/h1-3H,4-7H2,(H2,11,14). The fraction of sp³-hybridized carbons (Fsp3) is 0.400. The van der Waals surface area contributed by atoms with Gasteiger partial charge in [0.05, 0.1) is 18.8 Å². The lowest BCUT2D eigenvalue weighted by Gasteiger charge is -2.28. The van der Waals surface area contributed by atoms with E-state index in [4.69, 9.17) is 10.5 Å². The Morgan fingerprint density at radius 3 is 2.87 bits per heavy atom. The first-order valence-corrected chi connectivity index (χ1v) is 4.86. The van der Waals surface area contributed by atoms with E-state index in [1.54, 1.807) is 18.3 Å². The molecule has 15 heavy (non-hydrogen) atoms. The molecular weight excluding hydrogens is 194 g/mol. The highest BCUT2D eigenvalue weighted by Crippen LogP contribution is 2.17. The molecule has 2 rings (SSSR count). The van der Waals surface area contributed by atoms with Crippen molar-refractivity contribution in [1.29, 1.82) is 0 Å². The highest BCUT2D eigenvalue weighted by atomic mass is 16.5. The topological polar surface area (TPSA) is 68.5 Å². The lowest BCUT2D eigenvalue weighted by atomic mass is 10.2. The van der Waals surface area contributed by atoms with Gasteiger partial charge in [0.25, 0.3) is 5.91 Å². The molecule has 1 aliphatic heterocycles. The summed E-state index contributed by atoms with van der Waals surface area (Å²) in [6, 6.07) is 3.41. The van der Waals surface area contributed by atoms with Crippen molar-refractivity contribution in [3.05, 3.63) is 23.9 Å². The maximum atomic E-state index is 11.2. The van der Waals surface area contributed by atoms with Crippen LogP contribution in [0.1, 0.15) is 10.4 Å². The van der Waals surface area contributed by atoms with Gasteiger partial charge in [-0.2, -0.15) is 0 Å². The number of hydrogen-bond acceptors (Lipinski definition) is 4. The first kappa shape index (κ1) is 9.92. The second kappa shape index (κ2) is 4.27. The molecule has 1 aromatic heterocycles. The molecule has 0 saturated carbocycles. The van der Waals surface area contributed by atoms with E-state index in [-0.39, 0.29) is 0 Å². The SMILES string of the molecule is NC(=O)c1cccnc1N1CCOCC1. The van der Waals surface area contributed by atoms with Gasteiger partial charge in [0.2, 0.25) is 0 Å². The van der Waals surface area contributed by atoms with E-state index in [1.807, 2.05) is 4.90 Å². The lowest BCUT2D eigenvalue weighted by molar-refractivity contribution is 0.0998. The number of primary amides is 1. The van der Waals surface area contributed by atoms with Crippen LogP contribution < -0.4 is 10.6 Å². The van der Waals surface area contributed by atoms with Gasteiger partial charge in [-0.15, -0.1) is 0 Å². The highest BCUT2D eigenvalue weighted by Gasteiger charge is 2.17. The van der Waals surface area contributed by atoms with Crippen LogP contribution in [-0.4, -0.2) is 37.2 Å². The molecule has 0 spiro atoms. The van der Waals surface area contributed by atoms with Crippen LogP contribution in [0.25, 0.3) is 0 Å². The van der Waals surface area contributed by atoms with E-state index in [0.29, 0.717) is 24.6 Å². The van der Waals surface area contributed by atoms with Gasteiger partial charge in [0, 0.05) is 19.3 Å². The normalized spacial score (nSPS) is 16.4. The molecule has 5 heteroatoms. The van der Waals surface area contributed by atoms with E-state index in [9.17, 15) is 4.79 Å². The minimum Gasteiger partial charge on any atom is -0.378 e. The van der Waals surface area contributed by atoms with E-state index in [0.717, 1.165) is 13.1 Å². The van der Waals surface area contributed by atoms with Crippen molar-refractivity contribution in [2.24, 2.45) is 5.73 Å².